The minimum Gasteiger partial charge on any atom is -0.467 e. The lowest BCUT2D eigenvalue weighted by Gasteiger charge is -2.17. The number of ether oxygens (including phenoxy) is 2. The molecule has 13 heavy (non-hydrogen) atoms. The molecular weight excluding hydrogens is 192 g/mol. The zero-order chi connectivity index (χ0) is 9.42. The maximum absolute atomic E-state index is 11.3. The Bertz CT molecular complexity index is 219. The summed E-state index contributed by atoms with van der Waals surface area (Å²) < 4.78 is 10.1. The highest BCUT2D eigenvalue weighted by Gasteiger charge is 2.49. The van der Waals surface area contributed by atoms with E-state index in [-0.39, 0.29) is 17.3 Å². The van der Waals surface area contributed by atoms with Crippen molar-refractivity contribution in [1.82, 2.24) is 0 Å². The zero-order valence-electron chi connectivity index (χ0n) is 7.53. The fraction of sp³-hybridized carbons (Fsp3) is 0.889. The Morgan fingerprint density at radius 3 is 3.00 bits per heavy atom. The molecule has 1 heterocycles. The monoisotopic (exact) mass is 204 g/mol. The van der Waals surface area contributed by atoms with Crippen molar-refractivity contribution in [3.63, 3.8) is 0 Å². The van der Waals surface area contributed by atoms with Crippen LogP contribution in [0.3, 0.4) is 0 Å². The molecule has 0 radical (unpaired) electrons. The predicted molar refractivity (Wildman–Crippen MR) is 47.6 cm³/mol. The van der Waals surface area contributed by atoms with Gasteiger partial charge in [0.25, 0.3) is 0 Å². The van der Waals surface area contributed by atoms with Crippen LogP contribution < -0.4 is 0 Å². The van der Waals surface area contributed by atoms with Crippen LogP contribution in [0.15, 0.2) is 0 Å². The Balaban J connectivity index is 2.10. The second kappa shape index (κ2) is 3.46. The zero-order valence-corrected chi connectivity index (χ0v) is 8.29. The quantitative estimate of drug-likeness (QED) is 0.476. The van der Waals surface area contributed by atoms with Gasteiger partial charge >= 0.3 is 5.97 Å². The molecule has 0 N–H and O–H groups in total. The van der Waals surface area contributed by atoms with E-state index in [1.54, 1.807) is 0 Å². The molecular formula is C9H13ClO3. The average molecular weight is 205 g/mol. The number of halogens is 1. The lowest BCUT2D eigenvalue weighted by molar-refractivity contribution is -0.153. The molecule has 1 saturated heterocycles. The number of esters is 1. The van der Waals surface area contributed by atoms with Crippen LogP contribution >= 0.6 is 11.6 Å². The highest BCUT2D eigenvalue weighted by molar-refractivity contribution is 6.21. The third kappa shape index (κ3) is 1.44. The highest BCUT2D eigenvalue weighted by Crippen LogP contribution is 2.43. The summed E-state index contributed by atoms with van der Waals surface area (Å²) in [7, 11) is 1.39. The first kappa shape index (κ1) is 9.28. The van der Waals surface area contributed by atoms with Gasteiger partial charge in [0.15, 0.2) is 6.10 Å². The van der Waals surface area contributed by atoms with Crippen LogP contribution in [-0.2, 0) is 14.3 Å². The second-order valence-electron chi connectivity index (χ2n) is 3.71. The summed E-state index contributed by atoms with van der Waals surface area (Å²) in [5.74, 6) is 0.362. The van der Waals surface area contributed by atoms with Gasteiger partial charge in [0.05, 0.1) is 13.7 Å². The van der Waals surface area contributed by atoms with Gasteiger partial charge in [-0.25, -0.2) is 4.79 Å². The average Bonchev–Trinajstić information content (AvgIpc) is 2.68. The van der Waals surface area contributed by atoms with Gasteiger partial charge < -0.3 is 9.47 Å². The van der Waals surface area contributed by atoms with Gasteiger partial charge in [-0.1, -0.05) is 0 Å². The van der Waals surface area contributed by atoms with Crippen LogP contribution in [0.2, 0.25) is 0 Å². The first-order chi connectivity index (χ1) is 6.24. The Hall–Kier alpha value is -0.280. The van der Waals surface area contributed by atoms with Gasteiger partial charge in [0, 0.05) is 11.3 Å². The third-order valence-electron chi connectivity index (χ3n) is 3.05. The number of carbonyl (C=O) groups excluding carboxylic acids is 1. The van der Waals surface area contributed by atoms with Crippen molar-refractivity contribution in [2.45, 2.75) is 24.3 Å². The van der Waals surface area contributed by atoms with Crippen molar-refractivity contribution in [3.8, 4) is 0 Å². The molecule has 0 amide bonds. The molecule has 3 nitrogen and oxygen atoms in total. The van der Waals surface area contributed by atoms with Crippen LogP contribution in [-0.4, -0.2) is 31.2 Å². The lowest BCUT2D eigenvalue weighted by Crippen LogP contribution is -2.32. The Labute approximate surface area is 82.3 Å². The molecule has 0 bridgehead atoms. The molecule has 4 heteroatoms. The molecule has 4 unspecified atom stereocenters. The van der Waals surface area contributed by atoms with Gasteiger partial charge in [-0.15, -0.1) is 11.6 Å². The van der Waals surface area contributed by atoms with Crippen LogP contribution in [0.4, 0.5) is 0 Å². The maximum Gasteiger partial charge on any atom is 0.335 e. The van der Waals surface area contributed by atoms with Crippen LogP contribution in [0, 0.1) is 11.8 Å². The van der Waals surface area contributed by atoms with Gasteiger partial charge in [0.2, 0.25) is 0 Å². The van der Waals surface area contributed by atoms with E-state index < -0.39 is 6.10 Å². The molecule has 0 spiro atoms. The largest absolute Gasteiger partial charge is 0.467 e. The van der Waals surface area contributed by atoms with Gasteiger partial charge in [0.1, 0.15) is 0 Å². The van der Waals surface area contributed by atoms with Crippen LogP contribution in [0.25, 0.3) is 0 Å². The van der Waals surface area contributed by atoms with Crippen molar-refractivity contribution >= 4 is 17.6 Å². The van der Waals surface area contributed by atoms with Crippen molar-refractivity contribution in [2.24, 2.45) is 11.8 Å². The Kier molecular flexibility index (Phi) is 2.47. The highest BCUT2D eigenvalue weighted by atomic mass is 35.5. The van der Waals surface area contributed by atoms with E-state index in [0.717, 1.165) is 12.8 Å². The predicted octanol–water partition coefficient (Wildman–Crippen LogP) is 1.19. The van der Waals surface area contributed by atoms with Crippen molar-refractivity contribution in [3.05, 3.63) is 0 Å². The standard InChI is InChI=1S/C9H13ClO3/c1-12-9(11)8-7-5(4-13-8)2-3-6(7)10/h5-8H,2-4H2,1H3. The Morgan fingerprint density at radius 2 is 2.31 bits per heavy atom. The van der Waals surface area contributed by atoms with E-state index in [9.17, 15) is 4.79 Å². The summed E-state index contributed by atoms with van der Waals surface area (Å²) in [6, 6.07) is 0. The summed E-state index contributed by atoms with van der Waals surface area (Å²) in [6.07, 6.45) is 1.65. The van der Waals surface area contributed by atoms with E-state index in [4.69, 9.17) is 16.3 Å². The number of fused-ring (bicyclic) bond motifs is 1. The number of alkyl halides is 1. The molecule has 2 aliphatic rings. The van der Waals surface area contributed by atoms with E-state index in [1.807, 2.05) is 0 Å². The minimum atomic E-state index is -0.417. The molecule has 2 fully saturated rings. The fourth-order valence-corrected chi connectivity index (χ4v) is 2.83. The molecule has 1 aliphatic carbocycles. The smallest absolute Gasteiger partial charge is 0.335 e. The molecule has 0 aromatic rings. The third-order valence-corrected chi connectivity index (χ3v) is 3.56. The van der Waals surface area contributed by atoms with Gasteiger partial charge in [-0.2, -0.15) is 0 Å². The van der Waals surface area contributed by atoms with Gasteiger partial charge in [-0.3, -0.25) is 0 Å². The minimum absolute atomic E-state index is 0.0802. The molecule has 74 valence electrons. The molecule has 0 aromatic heterocycles. The number of hydrogen-bond acceptors (Lipinski definition) is 3. The van der Waals surface area contributed by atoms with E-state index in [2.05, 4.69) is 4.74 Å². The van der Waals surface area contributed by atoms with E-state index >= 15 is 0 Å². The molecule has 4 atom stereocenters. The van der Waals surface area contributed by atoms with Crippen LogP contribution in [0.5, 0.6) is 0 Å². The number of hydrogen-bond donors (Lipinski definition) is 0. The van der Waals surface area contributed by atoms with Crippen LogP contribution in [0.1, 0.15) is 12.8 Å². The topological polar surface area (TPSA) is 35.5 Å². The summed E-state index contributed by atoms with van der Waals surface area (Å²) >= 11 is 6.12. The normalized spacial score (nSPS) is 43.2. The molecule has 0 aromatic carbocycles. The SMILES string of the molecule is COC(=O)C1OCC2CCC(Cl)C21. The lowest BCUT2D eigenvalue weighted by atomic mass is 9.94. The molecule has 2 rings (SSSR count). The Morgan fingerprint density at radius 1 is 1.54 bits per heavy atom. The summed E-state index contributed by atoms with van der Waals surface area (Å²) in [5, 5.41) is 0.0802. The molecule has 1 saturated carbocycles. The van der Waals surface area contributed by atoms with E-state index in [0.29, 0.717) is 12.5 Å². The van der Waals surface area contributed by atoms with Crippen molar-refractivity contribution in [1.29, 1.82) is 0 Å². The van der Waals surface area contributed by atoms with Gasteiger partial charge in [-0.05, 0) is 18.8 Å². The summed E-state index contributed by atoms with van der Waals surface area (Å²) in [5.41, 5.74) is 0. The summed E-state index contributed by atoms with van der Waals surface area (Å²) in [6.45, 7) is 0.660. The number of methoxy groups -OCH3 is 1. The van der Waals surface area contributed by atoms with E-state index in [1.165, 1.54) is 7.11 Å². The number of rotatable bonds is 1. The van der Waals surface area contributed by atoms with Crippen molar-refractivity contribution in [2.75, 3.05) is 13.7 Å². The molecule has 1 aliphatic heterocycles. The van der Waals surface area contributed by atoms with Crippen molar-refractivity contribution < 1.29 is 14.3 Å². The second-order valence-corrected chi connectivity index (χ2v) is 4.27. The number of carbonyl (C=O) groups is 1. The summed E-state index contributed by atoms with van der Waals surface area (Å²) in [4.78, 5) is 11.3. The first-order valence-corrected chi connectivity index (χ1v) is 5.01. The first-order valence-electron chi connectivity index (χ1n) is 4.57. The maximum atomic E-state index is 11.3. The fourth-order valence-electron chi connectivity index (χ4n) is 2.36.